The number of aryl methyl sites for hydroxylation is 2. The molecule has 0 radical (unpaired) electrons. The lowest BCUT2D eigenvalue weighted by molar-refractivity contribution is -0.139. The molecular weight excluding hydrogens is 482 g/mol. The van der Waals surface area contributed by atoms with E-state index in [0.29, 0.717) is 25.9 Å². The molecule has 1 aliphatic heterocycles. The number of aromatic amines is 1. The summed E-state index contributed by atoms with van der Waals surface area (Å²) < 4.78 is 1.75. The van der Waals surface area contributed by atoms with Crippen LogP contribution in [0, 0.1) is 0 Å². The lowest BCUT2D eigenvalue weighted by Crippen LogP contribution is -2.51. The Morgan fingerprint density at radius 2 is 1.84 bits per heavy atom. The molecule has 196 valence electrons. The molecule has 1 fully saturated rings. The third kappa shape index (κ3) is 4.53. The van der Waals surface area contributed by atoms with Crippen molar-refractivity contribution in [3.05, 3.63) is 75.8 Å². The Bertz CT molecular complexity index is 1580. The Balaban J connectivity index is 1.12. The number of carbonyl (C=O) groups is 2. The minimum atomic E-state index is -1.05. The van der Waals surface area contributed by atoms with E-state index >= 15 is 0 Å². The molecule has 1 atom stereocenters. The first-order valence-corrected chi connectivity index (χ1v) is 13.3. The van der Waals surface area contributed by atoms with Crippen molar-refractivity contribution in [3.63, 3.8) is 0 Å². The fourth-order valence-corrected chi connectivity index (χ4v) is 6.00. The quantitative estimate of drug-likeness (QED) is 0.375. The minimum Gasteiger partial charge on any atom is -0.480 e. The van der Waals surface area contributed by atoms with Gasteiger partial charge in [0.1, 0.15) is 6.04 Å². The van der Waals surface area contributed by atoms with E-state index in [1.807, 2.05) is 30.3 Å². The van der Waals surface area contributed by atoms with E-state index < -0.39 is 12.0 Å². The van der Waals surface area contributed by atoms with Crippen LogP contribution in [0.5, 0.6) is 0 Å². The van der Waals surface area contributed by atoms with Gasteiger partial charge in [0, 0.05) is 30.9 Å². The number of pyridine rings is 1. The van der Waals surface area contributed by atoms with Crippen molar-refractivity contribution < 1.29 is 14.7 Å². The fraction of sp³-hybridized carbons (Fsp3) is 0.379. The molecule has 1 saturated heterocycles. The van der Waals surface area contributed by atoms with E-state index in [-0.39, 0.29) is 24.2 Å². The molecule has 3 N–H and O–H groups in total. The number of hydrogen-bond donors (Lipinski definition) is 3. The molecule has 0 bridgehead atoms. The predicted molar refractivity (Wildman–Crippen MR) is 144 cm³/mol. The third-order valence-corrected chi connectivity index (χ3v) is 8.03. The average molecular weight is 514 g/mol. The molecule has 4 aromatic rings. The Morgan fingerprint density at radius 1 is 1.08 bits per heavy atom. The number of likely N-dealkylation sites (tertiary alicyclic amines) is 1. The summed E-state index contributed by atoms with van der Waals surface area (Å²) in [4.78, 5) is 47.1. The van der Waals surface area contributed by atoms with E-state index in [1.165, 1.54) is 17.5 Å². The number of para-hydroxylation sites is 1. The van der Waals surface area contributed by atoms with Gasteiger partial charge in [-0.25, -0.2) is 14.4 Å². The molecule has 9 nitrogen and oxygen atoms in total. The summed E-state index contributed by atoms with van der Waals surface area (Å²) in [6.07, 6.45) is 7.61. The van der Waals surface area contributed by atoms with Crippen LogP contribution in [0.15, 0.2) is 53.5 Å². The first-order chi connectivity index (χ1) is 18.5. The number of rotatable bonds is 5. The van der Waals surface area contributed by atoms with E-state index in [9.17, 15) is 19.5 Å². The highest BCUT2D eigenvalue weighted by Gasteiger charge is 2.29. The number of carboxylic acid groups (broad SMARTS) is 1. The minimum absolute atomic E-state index is 0.0750. The van der Waals surface area contributed by atoms with Gasteiger partial charge in [0.25, 0.3) is 0 Å². The van der Waals surface area contributed by atoms with Crippen LogP contribution in [-0.4, -0.2) is 55.7 Å². The number of nitrogens with one attached hydrogen (secondary N) is 2. The number of urea groups is 1. The van der Waals surface area contributed by atoms with Gasteiger partial charge in [-0.2, -0.15) is 0 Å². The molecule has 0 spiro atoms. The summed E-state index contributed by atoms with van der Waals surface area (Å²) >= 11 is 0. The second kappa shape index (κ2) is 9.96. The second-order valence-corrected chi connectivity index (χ2v) is 10.4. The number of amides is 2. The molecule has 2 aromatic heterocycles. The monoisotopic (exact) mass is 513 g/mol. The van der Waals surface area contributed by atoms with Gasteiger partial charge in [0.2, 0.25) is 0 Å². The van der Waals surface area contributed by atoms with Crippen molar-refractivity contribution in [3.8, 4) is 0 Å². The molecule has 2 aliphatic rings. The summed E-state index contributed by atoms with van der Waals surface area (Å²) in [5, 5.41) is 13.4. The van der Waals surface area contributed by atoms with E-state index in [4.69, 9.17) is 0 Å². The standard InChI is InChI=1S/C29H31N5O4/c35-27(36)24(16-18-9-10-19-5-1-2-6-20(19)15-18)31-28(37)33-13-11-21(12-14-33)34-25-17-30-23-8-4-3-7-22(23)26(25)32-29(34)38/h3-4,7-10,15,17,21,24H,1-2,5-6,11-14,16H2,(H,31,37)(H,32,38)(H,35,36)/t24-/m1/s1. The fourth-order valence-electron chi connectivity index (χ4n) is 6.00. The number of carboxylic acids is 1. The highest BCUT2D eigenvalue weighted by atomic mass is 16.4. The highest BCUT2D eigenvalue weighted by Crippen LogP contribution is 2.28. The van der Waals surface area contributed by atoms with E-state index in [1.54, 1.807) is 15.7 Å². The molecular formula is C29H31N5O4. The van der Waals surface area contributed by atoms with E-state index in [0.717, 1.165) is 46.8 Å². The van der Waals surface area contributed by atoms with Crippen LogP contribution in [-0.2, 0) is 24.1 Å². The van der Waals surface area contributed by atoms with Gasteiger partial charge in [-0.15, -0.1) is 0 Å². The molecule has 2 amide bonds. The number of aromatic nitrogens is 3. The van der Waals surface area contributed by atoms with Crippen LogP contribution in [0.2, 0.25) is 0 Å². The van der Waals surface area contributed by atoms with Gasteiger partial charge in [-0.3, -0.25) is 9.55 Å². The molecule has 1 aliphatic carbocycles. The van der Waals surface area contributed by atoms with Gasteiger partial charge in [0.15, 0.2) is 0 Å². The zero-order chi connectivity index (χ0) is 26.2. The highest BCUT2D eigenvalue weighted by molar-refractivity contribution is 6.01. The van der Waals surface area contributed by atoms with Crippen LogP contribution in [0.25, 0.3) is 21.9 Å². The summed E-state index contributed by atoms with van der Waals surface area (Å²) in [5.41, 5.74) is 5.73. The normalized spacial score (nSPS) is 16.9. The SMILES string of the molecule is O=C(O)[C@@H](Cc1ccc2c(c1)CCCC2)NC(=O)N1CCC(n2c(=O)[nH]c3c4ccccc4ncc32)CC1. The van der Waals surface area contributed by atoms with E-state index in [2.05, 4.69) is 27.4 Å². The zero-order valence-electron chi connectivity index (χ0n) is 21.2. The average Bonchev–Trinajstić information content (AvgIpc) is 3.28. The maximum atomic E-state index is 13.0. The smallest absolute Gasteiger partial charge is 0.326 e. The van der Waals surface area contributed by atoms with Gasteiger partial charge < -0.3 is 20.3 Å². The number of imidazole rings is 1. The summed E-state index contributed by atoms with van der Waals surface area (Å²) in [7, 11) is 0. The van der Waals surface area contributed by atoms with Gasteiger partial charge in [-0.1, -0.05) is 36.4 Å². The van der Waals surface area contributed by atoms with Crippen LogP contribution in [0.3, 0.4) is 0 Å². The van der Waals surface area contributed by atoms with Crippen LogP contribution in [0.4, 0.5) is 4.79 Å². The van der Waals surface area contributed by atoms with Crippen LogP contribution >= 0.6 is 0 Å². The molecule has 6 rings (SSSR count). The van der Waals surface area contributed by atoms with Crippen molar-refractivity contribution in [1.82, 2.24) is 24.8 Å². The maximum absolute atomic E-state index is 13.0. The zero-order valence-corrected chi connectivity index (χ0v) is 21.2. The lowest BCUT2D eigenvalue weighted by Gasteiger charge is -2.33. The first-order valence-electron chi connectivity index (χ1n) is 13.3. The number of aliphatic carboxylic acids is 1. The number of H-pyrrole nitrogens is 1. The number of hydrogen-bond acceptors (Lipinski definition) is 4. The van der Waals surface area contributed by atoms with Crippen molar-refractivity contribution in [2.24, 2.45) is 0 Å². The Morgan fingerprint density at radius 3 is 2.63 bits per heavy atom. The molecule has 0 unspecified atom stereocenters. The Labute approximate surface area is 219 Å². The second-order valence-electron chi connectivity index (χ2n) is 10.4. The number of fused-ring (bicyclic) bond motifs is 4. The van der Waals surface area contributed by atoms with Gasteiger partial charge >= 0.3 is 17.7 Å². The lowest BCUT2D eigenvalue weighted by atomic mass is 9.89. The molecule has 2 aromatic carbocycles. The Hall–Kier alpha value is -4.14. The van der Waals surface area contributed by atoms with Gasteiger partial charge in [-0.05, 0) is 61.3 Å². The molecule has 0 saturated carbocycles. The summed E-state index contributed by atoms with van der Waals surface area (Å²) in [5.74, 6) is -1.05. The van der Waals surface area contributed by atoms with Crippen LogP contribution in [0.1, 0.15) is 48.4 Å². The van der Waals surface area contributed by atoms with Crippen molar-refractivity contribution >= 4 is 33.9 Å². The topological polar surface area (TPSA) is 120 Å². The first kappa shape index (κ1) is 24.2. The predicted octanol–water partition coefficient (Wildman–Crippen LogP) is 3.80. The molecule has 3 heterocycles. The number of piperidine rings is 1. The van der Waals surface area contributed by atoms with Crippen LogP contribution < -0.4 is 11.0 Å². The Kier molecular flexibility index (Phi) is 6.35. The molecule has 38 heavy (non-hydrogen) atoms. The number of nitrogens with zero attached hydrogens (tertiary/aromatic N) is 3. The number of benzene rings is 2. The van der Waals surface area contributed by atoms with Gasteiger partial charge in [0.05, 0.1) is 22.7 Å². The van der Waals surface area contributed by atoms with Crippen molar-refractivity contribution in [1.29, 1.82) is 0 Å². The van der Waals surface area contributed by atoms with Crippen molar-refractivity contribution in [2.75, 3.05) is 13.1 Å². The largest absolute Gasteiger partial charge is 0.480 e. The third-order valence-electron chi connectivity index (χ3n) is 8.03. The summed E-state index contributed by atoms with van der Waals surface area (Å²) in [6, 6.07) is 12.4. The molecule has 9 heteroatoms. The number of carbonyl (C=O) groups excluding carboxylic acids is 1. The summed E-state index contributed by atoms with van der Waals surface area (Å²) in [6.45, 7) is 0.865. The maximum Gasteiger partial charge on any atom is 0.326 e. The van der Waals surface area contributed by atoms with Crippen molar-refractivity contribution in [2.45, 2.75) is 57.0 Å².